The van der Waals surface area contributed by atoms with Gasteiger partial charge >= 0.3 is 0 Å². The maximum atomic E-state index is 11.8. The van der Waals surface area contributed by atoms with Crippen molar-refractivity contribution < 1.29 is 8.78 Å². The van der Waals surface area contributed by atoms with Crippen LogP contribution in [0.2, 0.25) is 0 Å². The highest BCUT2D eigenvalue weighted by molar-refractivity contribution is 5.40. The van der Waals surface area contributed by atoms with Gasteiger partial charge in [0.25, 0.3) is 6.43 Å². The molecule has 1 heterocycles. The van der Waals surface area contributed by atoms with Crippen LogP contribution in [0.15, 0.2) is 12.4 Å². The zero-order valence-corrected chi connectivity index (χ0v) is 7.09. The molecule has 0 atom stereocenters. The van der Waals surface area contributed by atoms with Gasteiger partial charge in [-0.25, -0.2) is 13.8 Å². The van der Waals surface area contributed by atoms with Crippen molar-refractivity contribution in [2.45, 2.75) is 6.43 Å². The number of alkyl halides is 2. The number of aromatic nitrogens is 2. The molecule has 0 aromatic carbocycles. The molecule has 0 aliphatic heterocycles. The minimum absolute atomic E-state index is 0.340. The van der Waals surface area contributed by atoms with Crippen molar-refractivity contribution in [1.29, 1.82) is 0 Å². The Labute approximate surface area is 74.4 Å². The molecule has 0 aliphatic rings. The third kappa shape index (κ3) is 3.18. The van der Waals surface area contributed by atoms with Crippen LogP contribution in [-0.2, 0) is 0 Å². The molecule has 0 unspecified atom stereocenters. The Balaban J connectivity index is 2.56. The molecule has 0 fully saturated rings. The second-order valence-electron chi connectivity index (χ2n) is 2.31. The predicted octanol–water partition coefficient (Wildman–Crippen LogP) is 1.20. The van der Waals surface area contributed by atoms with Crippen LogP contribution in [0.5, 0.6) is 0 Å². The minimum atomic E-state index is -2.39. The molecule has 0 saturated carbocycles. The smallest absolute Gasteiger partial charge is 0.255 e. The summed E-state index contributed by atoms with van der Waals surface area (Å²) in [6.07, 6.45) is 0.511. The first-order chi connectivity index (χ1) is 6.22. The zero-order valence-electron chi connectivity index (χ0n) is 7.09. The van der Waals surface area contributed by atoms with Gasteiger partial charge < -0.3 is 10.6 Å². The molecule has 1 aromatic heterocycles. The van der Waals surface area contributed by atoms with Crippen LogP contribution in [0.25, 0.3) is 0 Å². The fourth-order valence-electron chi connectivity index (χ4n) is 0.753. The second kappa shape index (κ2) is 4.54. The number of anilines is 2. The van der Waals surface area contributed by atoms with E-state index in [1.165, 1.54) is 12.4 Å². The summed E-state index contributed by atoms with van der Waals surface area (Å²) < 4.78 is 23.6. The van der Waals surface area contributed by atoms with Gasteiger partial charge in [-0.1, -0.05) is 0 Å². The Hall–Kier alpha value is -1.46. The number of nitrogens with one attached hydrogen (secondary N) is 2. The molecule has 4 nitrogen and oxygen atoms in total. The fourth-order valence-corrected chi connectivity index (χ4v) is 0.753. The van der Waals surface area contributed by atoms with Crippen molar-refractivity contribution in [3.63, 3.8) is 0 Å². The fraction of sp³-hybridized carbons (Fsp3) is 0.429. The summed E-state index contributed by atoms with van der Waals surface area (Å²) in [5.41, 5.74) is 0. The lowest BCUT2D eigenvalue weighted by atomic mass is 10.6. The van der Waals surface area contributed by atoms with Crippen LogP contribution in [0.3, 0.4) is 0 Å². The lowest BCUT2D eigenvalue weighted by molar-refractivity contribution is 0.163. The van der Waals surface area contributed by atoms with Gasteiger partial charge in [0, 0.05) is 7.05 Å². The van der Waals surface area contributed by atoms with E-state index < -0.39 is 13.0 Å². The molecule has 0 bridgehead atoms. The summed E-state index contributed by atoms with van der Waals surface area (Å²) in [5, 5.41) is 5.21. The normalized spacial score (nSPS) is 10.2. The van der Waals surface area contributed by atoms with E-state index >= 15 is 0 Å². The van der Waals surface area contributed by atoms with Crippen LogP contribution in [0.1, 0.15) is 0 Å². The van der Waals surface area contributed by atoms with E-state index in [-0.39, 0.29) is 0 Å². The minimum Gasteiger partial charge on any atom is -0.372 e. The summed E-state index contributed by atoms with van der Waals surface area (Å²) in [7, 11) is 1.68. The Bertz CT molecular complexity index is 266. The summed E-state index contributed by atoms with van der Waals surface area (Å²) in [5.74, 6) is 0.881. The van der Waals surface area contributed by atoms with Gasteiger partial charge in [-0.3, -0.25) is 4.98 Å². The number of halogens is 2. The van der Waals surface area contributed by atoms with Crippen molar-refractivity contribution in [3.8, 4) is 0 Å². The first-order valence-electron chi connectivity index (χ1n) is 3.74. The molecule has 0 saturated heterocycles. The summed E-state index contributed by atoms with van der Waals surface area (Å²) in [4.78, 5) is 7.75. The van der Waals surface area contributed by atoms with E-state index in [2.05, 4.69) is 20.6 Å². The maximum absolute atomic E-state index is 11.8. The van der Waals surface area contributed by atoms with Gasteiger partial charge in [-0.2, -0.15) is 0 Å². The van der Waals surface area contributed by atoms with Gasteiger partial charge in [0.15, 0.2) is 0 Å². The van der Waals surface area contributed by atoms with Crippen molar-refractivity contribution in [2.24, 2.45) is 0 Å². The Morgan fingerprint density at radius 3 is 2.69 bits per heavy atom. The van der Waals surface area contributed by atoms with Crippen LogP contribution in [-0.4, -0.2) is 30.0 Å². The monoisotopic (exact) mass is 188 g/mol. The summed E-state index contributed by atoms with van der Waals surface area (Å²) in [6, 6.07) is 0. The lowest BCUT2D eigenvalue weighted by Gasteiger charge is -2.05. The molecule has 13 heavy (non-hydrogen) atoms. The molecule has 0 amide bonds. The van der Waals surface area contributed by atoms with Gasteiger partial charge in [0.05, 0.1) is 18.9 Å². The first kappa shape index (κ1) is 9.63. The molecule has 0 radical (unpaired) electrons. The predicted molar refractivity (Wildman–Crippen MR) is 46.1 cm³/mol. The van der Waals surface area contributed by atoms with Crippen molar-refractivity contribution in [1.82, 2.24) is 9.97 Å². The maximum Gasteiger partial charge on any atom is 0.255 e. The first-order valence-corrected chi connectivity index (χ1v) is 3.74. The number of rotatable bonds is 4. The van der Waals surface area contributed by atoms with Gasteiger partial charge in [-0.05, 0) is 0 Å². The average Bonchev–Trinajstić information content (AvgIpc) is 2.15. The Morgan fingerprint density at radius 2 is 2.08 bits per heavy atom. The summed E-state index contributed by atoms with van der Waals surface area (Å²) in [6.45, 7) is -0.415. The average molecular weight is 188 g/mol. The van der Waals surface area contributed by atoms with Crippen molar-refractivity contribution in [2.75, 3.05) is 24.2 Å². The van der Waals surface area contributed by atoms with E-state index in [1.807, 2.05) is 0 Å². The topological polar surface area (TPSA) is 49.8 Å². The van der Waals surface area contributed by atoms with Crippen LogP contribution >= 0.6 is 0 Å². The standard InChI is InChI=1S/C7H10F2N4/c1-10-6-3-11-4-7(13-6)12-2-5(8)9/h3-5H,2H2,1H3,(H2,10,12,13). The van der Waals surface area contributed by atoms with Crippen molar-refractivity contribution in [3.05, 3.63) is 12.4 Å². The molecule has 2 N–H and O–H groups in total. The summed E-state index contributed by atoms with van der Waals surface area (Å²) >= 11 is 0. The molecular formula is C7H10F2N4. The second-order valence-corrected chi connectivity index (χ2v) is 2.31. The SMILES string of the molecule is CNc1cncc(NCC(F)F)n1. The van der Waals surface area contributed by atoms with E-state index in [4.69, 9.17) is 0 Å². The largest absolute Gasteiger partial charge is 0.372 e. The molecule has 72 valence electrons. The van der Waals surface area contributed by atoms with Crippen LogP contribution < -0.4 is 10.6 Å². The third-order valence-corrected chi connectivity index (χ3v) is 1.33. The van der Waals surface area contributed by atoms with E-state index in [0.717, 1.165) is 0 Å². The number of nitrogens with zero attached hydrogens (tertiary/aromatic N) is 2. The van der Waals surface area contributed by atoms with Gasteiger partial charge in [-0.15, -0.1) is 0 Å². The highest BCUT2D eigenvalue weighted by Gasteiger charge is 2.02. The van der Waals surface area contributed by atoms with E-state index in [9.17, 15) is 8.78 Å². The van der Waals surface area contributed by atoms with E-state index in [0.29, 0.717) is 11.6 Å². The van der Waals surface area contributed by atoms with Crippen molar-refractivity contribution >= 4 is 11.6 Å². The quantitative estimate of drug-likeness (QED) is 0.745. The van der Waals surface area contributed by atoms with Gasteiger partial charge in [0.2, 0.25) is 0 Å². The zero-order chi connectivity index (χ0) is 9.68. The van der Waals surface area contributed by atoms with E-state index in [1.54, 1.807) is 7.05 Å². The number of hydrogen-bond acceptors (Lipinski definition) is 4. The third-order valence-electron chi connectivity index (χ3n) is 1.33. The highest BCUT2D eigenvalue weighted by atomic mass is 19.3. The van der Waals surface area contributed by atoms with Crippen LogP contribution in [0.4, 0.5) is 20.4 Å². The molecule has 1 rings (SSSR count). The molecule has 0 aliphatic carbocycles. The molecule has 1 aromatic rings. The molecule has 6 heteroatoms. The molecular weight excluding hydrogens is 178 g/mol. The highest BCUT2D eigenvalue weighted by Crippen LogP contribution is 2.05. The number of hydrogen-bond donors (Lipinski definition) is 2. The Morgan fingerprint density at radius 1 is 1.38 bits per heavy atom. The Kier molecular flexibility index (Phi) is 3.36. The molecule has 0 spiro atoms. The van der Waals surface area contributed by atoms with Gasteiger partial charge in [0.1, 0.15) is 11.6 Å². The van der Waals surface area contributed by atoms with Crippen LogP contribution in [0, 0.1) is 0 Å². The lowest BCUT2D eigenvalue weighted by Crippen LogP contribution is -2.11.